The molecule has 3 N–H and O–H groups in total. The number of amides is 1. The summed E-state index contributed by atoms with van der Waals surface area (Å²) in [6.45, 7) is 3.31. The summed E-state index contributed by atoms with van der Waals surface area (Å²) in [5.74, 6) is 0. The lowest BCUT2D eigenvalue weighted by atomic mass is 10.00. The third-order valence-electron chi connectivity index (χ3n) is 2.30. The monoisotopic (exact) mass is 243 g/mol. The Morgan fingerprint density at radius 2 is 2.19 bits per heavy atom. The van der Waals surface area contributed by atoms with Gasteiger partial charge < -0.3 is 15.6 Å². The van der Waals surface area contributed by atoms with Crippen molar-refractivity contribution in [3.8, 4) is 0 Å². The number of rotatable bonds is 3. The van der Waals surface area contributed by atoms with Gasteiger partial charge in [-0.2, -0.15) is 0 Å². The number of ether oxygens (including phenoxy) is 1. The number of halogens is 1. The van der Waals surface area contributed by atoms with Gasteiger partial charge in [0.1, 0.15) is 0 Å². The minimum absolute atomic E-state index is 0.552. The topological polar surface area (TPSA) is 72.5 Å². The molecule has 1 amide bonds. The van der Waals surface area contributed by atoms with Gasteiger partial charge in [-0.05, 0) is 31.0 Å². The van der Waals surface area contributed by atoms with Crippen molar-refractivity contribution < 1.29 is 14.6 Å². The highest BCUT2D eigenvalue weighted by molar-refractivity contribution is 6.31. The van der Waals surface area contributed by atoms with Crippen LogP contribution < -0.4 is 5.73 Å². The molecule has 88 valence electrons. The molecule has 0 saturated heterocycles. The van der Waals surface area contributed by atoms with E-state index in [1.807, 2.05) is 0 Å². The van der Waals surface area contributed by atoms with Gasteiger partial charge in [-0.1, -0.05) is 23.7 Å². The Hall–Kier alpha value is -1.26. The standard InChI is InChI=1S/C11H14ClNO3/c1-6-8(4-3-5-9(6)12)10(7(2)14)16-11(13)15/h3-5,7,10,14H,1-2H3,(H2,13,15). The highest BCUT2D eigenvalue weighted by Crippen LogP contribution is 2.28. The number of carbonyl (C=O) groups is 1. The molecule has 0 aliphatic heterocycles. The minimum atomic E-state index is -0.926. The fourth-order valence-corrected chi connectivity index (χ4v) is 1.66. The maximum Gasteiger partial charge on any atom is 0.405 e. The van der Waals surface area contributed by atoms with E-state index in [2.05, 4.69) is 0 Å². The number of aliphatic hydroxyl groups is 1. The maximum absolute atomic E-state index is 10.7. The molecule has 0 saturated carbocycles. The highest BCUT2D eigenvalue weighted by atomic mass is 35.5. The lowest BCUT2D eigenvalue weighted by molar-refractivity contribution is 0.0144. The van der Waals surface area contributed by atoms with Gasteiger partial charge in [0.15, 0.2) is 6.10 Å². The van der Waals surface area contributed by atoms with Crippen molar-refractivity contribution in [1.29, 1.82) is 0 Å². The van der Waals surface area contributed by atoms with Gasteiger partial charge in [-0.15, -0.1) is 0 Å². The molecule has 0 radical (unpaired) electrons. The molecule has 0 spiro atoms. The van der Waals surface area contributed by atoms with Crippen LogP contribution in [0, 0.1) is 6.92 Å². The molecule has 0 bridgehead atoms. The van der Waals surface area contributed by atoms with Crippen molar-refractivity contribution in [2.24, 2.45) is 5.73 Å². The van der Waals surface area contributed by atoms with Crippen LogP contribution >= 0.6 is 11.6 Å². The predicted molar refractivity (Wildman–Crippen MR) is 61.3 cm³/mol. The second-order valence-electron chi connectivity index (χ2n) is 3.55. The van der Waals surface area contributed by atoms with E-state index in [0.717, 1.165) is 5.56 Å². The number of hydrogen-bond acceptors (Lipinski definition) is 3. The fourth-order valence-electron chi connectivity index (χ4n) is 1.48. The Morgan fingerprint density at radius 1 is 1.56 bits per heavy atom. The Labute approximate surface area is 99.0 Å². The smallest absolute Gasteiger partial charge is 0.405 e. The van der Waals surface area contributed by atoms with Crippen molar-refractivity contribution in [3.05, 3.63) is 34.3 Å². The van der Waals surface area contributed by atoms with Gasteiger partial charge in [0.25, 0.3) is 0 Å². The van der Waals surface area contributed by atoms with Crippen LogP contribution in [0.15, 0.2) is 18.2 Å². The van der Waals surface area contributed by atoms with Crippen LogP contribution in [0.3, 0.4) is 0 Å². The Balaban J connectivity index is 3.10. The van der Waals surface area contributed by atoms with Crippen LogP contribution in [0.5, 0.6) is 0 Å². The molecule has 0 aromatic heterocycles. The number of benzene rings is 1. The first kappa shape index (κ1) is 12.8. The second-order valence-corrected chi connectivity index (χ2v) is 3.96. The first-order chi connectivity index (χ1) is 7.43. The lowest BCUT2D eigenvalue weighted by Crippen LogP contribution is -2.25. The fraction of sp³-hybridized carbons (Fsp3) is 0.364. The van der Waals surface area contributed by atoms with E-state index < -0.39 is 18.3 Å². The van der Waals surface area contributed by atoms with Gasteiger partial charge >= 0.3 is 6.09 Å². The molecule has 0 aliphatic carbocycles. The van der Waals surface area contributed by atoms with Crippen LogP contribution in [0.4, 0.5) is 4.79 Å². The van der Waals surface area contributed by atoms with Crippen LogP contribution in [0.1, 0.15) is 24.2 Å². The average molecular weight is 244 g/mol. The minimum Gasteiger partial charge on any atom is -0.439 e. The first-order valence-electron chi connectivity index (χ1n) is 4.82. The number of aliphatic hydroxyl groups excluding tert-OH is 1. The van der Waals surface area contributed by atoms with Gasteiger partial charge in [0.05, 0.1) is 6.10 Å². The largest absolute Gasteiger partial charge is 0.439 e. The lowest BCUT2D eigenvalue weighted by Gasteiger charge is -2.21. The molecule has 1 rings (SSSR count). The van der Waals surface area contributed by atoms with Crippen LogP contribution in [0.25, 0.3) is 0 Å². The quantitative estimate of drug-likeness (QED) is 0.855. The van der Waals surface area contributed by atoms with Gasteiger partial charge in [0, 0.05) is 5.02 Å². The molecule has 16 heavy (non-hydrogen) atoms. The molecular formula is C11H14ClNO3. The van der Waals surface area contributed by atoms with Crippen LogP contribution in [-0.4, -0.2) is 17.3 Å². The molecule has 1 aromatic rings. The molecule has 0 fully saturated rings. The average Bonchev–Trinajstić information content (AvgIpc) is 2.18. The van der Waals surface area contributed by atoms with E-state index in [9.17, 15) is 9.90 Å². The summed E-state index contributed by atoms with van der Waals surface area (Å²) in [4.78, 5) is 10.7. The Morgan fingerprint density at radius 3 is 2.69 bits per heavy atom. The van der Waals surface area contributed by atoms with Crippen LogP contribution in [-0.2, 0) is 4.74 Å². The second kappa shape index (κ2) is 5.18. The highest BCUT2D eigenvalue weighted by Gasteiger charge is 2.23. The number of carbonyl (C=O) groups excluding carboxylic acids is 1. The van der Waals surface area contributed by atoms with E-state index in [0.29, 0.717) is 10.6 Å². The summed E-state index contributed by atoms with van der Waals surface area (Å²) < 4.78 is 4.86. The van der Waals surface area contributed by atoms with Crippen LogP contribution in [0.2, 0.25) is 5.02 Å². The SMILES string of the molecule is Cc1c(Cl)cccc1C(OC(N)=O)C(C)O. The molecular weight excluding hydrogens is 230 g/mol. The molecule has 2 unspecified atom stereocenters. The maximum atomic E-state index is 10.7. The molecule has 0 aliphatic rings. The summed E-state index contributed by atoms with van der Waals surface area (Å²) in [6.07, 6.45) is -2.58. The van der Waals surface area contributed by atoms with E-state index in [1.165, 1.54) is 6.92 Å². The molecule has 4 nitrogen and oxygen atoms in total. The van der Waals surface area contributed by atoms with Crippen molar-refractivity contribution in [2.75, 3.05) is 0 Å². The number of primary amides is 1. The van der Waals surface area contributed by atoms with Gasteiger partial charge in [0.2, 0.25) is 0 Å². The molecule has 0 heterocycles. The summed E-state index contributed by atoms with van der Waals surface area (Å²) in [6, 6.07) is 5.19. The van der Waals surface area contributed by atoms with Crippen molar-refractivity contribution >= 4 is 17.7 Å². The third kappa shape index (κ3) is 2.87. The predicted octanol–water partition coefficient (Wildman–Crippen LogP) is 2.17. The molecule has 5 heteroatoms. The number of nitrogens with two attached hydrogens (primary N) is 1. The summed E-state index contributed by atoms with van der Waals surface area (Å²) in [5.41, 5.74) is 6.37. The van der Waals surface area contributed by atoms with Gasteiger partial charge in [-0.25, -0.2) is 4.79 Å². The zero-order chi connectivity index (χ0) is 12.3. The zero-order valence-electron chi connectivity index (χ0n) is 9.11. The van der Waals surface area contributed by atoms with Crippen molar-refractivity contribution in [3.63, 3.8) is 0 Å². The van der Waals surface area contributed by atoms with Crippen molar-refractivity contribution in [2.45, 2.75) is 26.1 Å². The number of hydrogen-bond donors (Lipinski definition) is 2. The summed E-state index contributed by atoms with van der Waals surface area (Å²) in [5, 5.41) is 10.1. The molecule has 2 atom stereocenters. The van der Waals surface area contributed by atoms with E-state index >= 15 is 0 Å². The normalized spacial score (nSPS) is 14.2. The zero-order valence-corrected chi connectivity index (χ0v) is 9.86. The molecule has 1 aromatic carbocycles. The summed E-state index contributed by atoms with van der Waals surface area (Å²) >= 11 is 5.95. The van der Waals surface area contributed by atoms with E-state index in [1.54, 1.807) is 25.1 Å². The van der Waals surface area contributed by atoms with E-state index in [-0.39, 0.29) is 0 Å². The third-order valence-corrected chi connectivity index (χ3v) is 2.71. The van der Waals surface area contributed by atoms with Crippen molar-refractivity contribution in [1.82, 2.24) is 0 Å². The Kier molecular flexibility index (Phi) is 4.15. The summed E-state index contributed by atoms with van der Waals surface area (Å²) in [7, 11) is 0. The Bertz CT molecular complexity index is 393. The van der Waals surface area contributed by atoms with E-state index in [4.69, 9.17) is 22.1 Å². The first-order valence-corrected chi connectivity index (χ1v) is 5.20. The van der Waals surface area contributed by atoms with Gasteiger partial charge in [-0.3, -0.25) is 0 Å².